The summed E-state index contributed by atoms with van der Waals surface area (Å²) in [7, 11) is 0. The molecule has 0 bridgehead atoms. The van der Waals surface area contributed by atoms with Gasteiger partial charge in [-0.2, -0.15) is 0 Å². The second-order valence-corrected chi connectivity index (χ2v) is 4.37. The third-order valence-electron chi connectivity index (χ3n) is 2.52. The molecule has 0 fully saturated rings. The molecule has 3 N–H and O–H groups in total. The SMILES string of the molecule is Nc1cccc(CCNc2cccc(Cl)c2)c1. The molecule has 0 saturated carbocycles. The fourth-order valence-electron chi connectivity index (χ4n) is 1.70. The van der Waals surface area contributed by atoms with Crippen LogP contribution in [0.4, 0.5) is 11.4 Å². The van der Waals surface area contributed by atoms with Crippen molar-refractivity contribution in [2.75, 3.05) is 17.6 Å². The zero-order valence-electron chi connectivity index (χ0n) is 9.49. The molecule has 2 aromatic carbocycles. The quantitative estimate of drug-likeness (QED) is 0.810. The number of rotatable bonds is 4. The van der Waals surface area contributed by atoms with Crippen molar-refractivity contribution in [3.05, 3.63) is 59.1 Å². The van der Waals surface area contributed by atoms with Crippen molar-refractivity contribution in [3.8, 4) is 0 Å². The maximum atomic E-state index is 5.91. The molecule has 0 aliphatic heterocycles. The van der Waals surface area contributed by atoms with E-state index >= 15 is 0 Å². The van der Waals surface area contributed by atoms with Crippen LogP contribution in [-0.4, -0.2) is 6.54 Å². The normalized spacial score (nSPS) is 10.2. The van der Waals surface area contributed by atoms with Gasteiger partial charge in [-0.25, -0.2) is 0 Å². The number of nitrogens with two attached hydrogens (primary N) is 1. The lowest BCUT2D eigenvalue weighted by Crippen LogP contribution is -2.04. The largest absolute Gasteiger partial charge is 0.399 e. The van der Waals surface area contributed by atoms with Gasteiger partial charge in [0.05, 0.1) is 0 Å². The van der Waals surface area contributed by atoms with Crippen LogP contribution < -0.4 is 11.1 Å². The lowest BCUT2D eigenvalue weighted by molar-refractivity contribution is 1.02. The molecule has 0 aliphatic carbocycles. The summed E-state index contributed by atoms with van der Waals surface area (Å²) in [6, 6.07) is 15.7. The average Bonchev–Trinajstić information content (AvgIpc) is 2.29. The van der Waals surface area contributed by atoms with Crippen LogP contribution in [0.1, 0.15) is 5.56 Å². The van der Waals surface area contributed by atoms with E-state index in [0.717, 1.165) is 29.4 Å². The van der Waals surface area contributed by atoms with Crippen LogP contribution in [0.15, 0.2) is 48.5 Å². The minimum atomic E-state index is 0.749. The van der Waals surface area contributed by atoms with E-state index in [1.165, 1.54) is 5.56 Å². The van der Waals surface area contributed by atoms with Crippen LogP contribution in [-0.2, 0) is 6.42 Å². The fourth-order valence-corrected chi connectivity index (χ4v) is 1.89. The number of hydrogen-bond acceptors (Lipinski definition) is 2. The van der Waals surface area contributed by atoms with E-state index < -0.39 is 0 Å². The summed E-state index contributed by atoms with van der Waals surface area (Å²) >= 11 is 5.91. The summed E-state index contributed by atoms with van der Waals surface area (Å²) in [6.45, 7) is 0.865. The Balaban J connectivity index is 1.87. The Kier molecular flexibility index (Phi) is 3.89. The predicted octanol–water partition coefficient (Wildman–Crippen LogP) is 3.58. The molecule has 17 heavy (non-hydrogen) atoms. The molecule has 0 atom stereocenters. The highest BCUT2D eigenvalue weighted by Gasteiger charge is 1.95. The molecule has 0 aromatic heterocycles. The van der Waals surface area contributed by atoms with Crippen LogP contribution in [0, 0.1) is 0 Å². The Morgan fingerprint density at radius 2 is 1.88 bits per heavy atom. The first kappa shape index (κ1) is 11.8. The van der Waals surface area contributed by atoms with Gasteiger partial charge in [-0.15, -0.1) is 0 Å². The van der Waals surface area contributed by atoms with Gasteiger partial charge in [-0.05, 0) is 42.3 Å². The first-order valence-corrected chi connectivity index (χ1v) is 5.96. The molecular formula is C14H15ClN2. The van der Waals surface area contributed by atoms with Crippen molar-refractivity contribution >= 4 is 23.0 Å². The van der Waals surface area contributed by atoms with Crippen molar-refractivity contribution in [2.45, 2.75) is 6.42 Å². The maximum absolute atomic E-state index is 5.91. The third kappa shape index (κ3) is 3.68. The van der Waals surface area contributed by atoms with E-state index in [1.54, 1.807) is 0 Å². The highest BCUT2D eigenvalue weighted by Crippen LogP contribution is 2.15. The second kappa shape index (κ2) is 5.60. The van der Waals surface area contributed by atoms with E-state index in [1.807, 2.05) is 42.5 Å². The Labute approximate surface area is 106 Å². The summed E-state index contributed by atoms with van der Waals surface area (Å²) < 4.78 is 0. The van der Waals surface area contributed by atoms with Crippen molar-refractivity contribution in [2.24, 2.45) is 0 Å². The number of anilines is 2. The topological polar surface area (TPSA) is 38.0 Å². The van der Waals surface area contributed by atoms with E-state index in [2.05, 4.69) is 11.4 Å². The van der Waals surface area contributed by atoms with E-state index in [9.17, 15) is 0 Å². The zero-order valence-corrected chi connectivity index (χ0v) is 10.2. The van der Waals surface area contributed by atoms with Gasteiger partial charge in [-0.1, -0.05) is 29.8 Å². The van der Waals surface area contributed by atoms with Gasteiger partial charge in [-0.3, -0.25) is 0 Å². The first-order valence-electron chi connectivity index (χ1n) is 5.58. The number of nitrogens with one attached hydrogen (secondary N) is 1. The van der Waals surface area contributed by atoms with Crippen LogP contribution in [0.5, 0.6) is 0 Å². The average molecular weight is 247 g/mol. The molecule has 0 amide bonds. The molecule has 0 saturated heterocycles. The summed E-state index contributed by atoms with van der Waals surface area (Å²) in [4.78, 5) is 0. The number of benzene rings is 2. The van der Waals surface area contributed by atoms with Gasteiger partial charge >= 0.3 is 0 Å². The predicted molar refractivity (Wildman–Crippen MR) is 74.5 cm³/mol. The zero-order chi connectivity index (χ0) is 12.1. The standard InChI is InChI=1S/C14H15ClN2/c15-12-4-2-6-14(10-12)17-8-7-11-3-1-5-13(16)9-11/h1-6,9-10,17H,7-8,16H2. The Morgan fingerprint density at radius 3 is 2.65 bits per heavy atom. The van der Waals surface area contributed by atoms with Crippen molar-refractivity contribution in [1.29, 1.82) is 0 Å². The second-order valence-electron chi connectivity index (χ2n) is 3.93. The van der Waals surface area contributed by atoms with Crippen LogP contribution >= 0.6 is 11.6 Å². The number of hydrogen-bond donors (Lipinski definition) is 2. The molecule has 0 unspecified atom stereocenters. The van der Waals surface area contributed by atoms with E-state index in [0.29, 0.717) is 0 Å². The van der Waals surface area contributed by atoms with Gasteiger partial charge in [0.1, 0.15) is 0 Å². The molecule has 0 spiro atoms. The third-order valence-corrected chi connectivity index (χ3v) is 2.75. The fraction of sp³-hybridized carbons (Fsp3) is 0.143. The highest BCUT2D eigenvalue weighted by atomic mass is 35.5. The summed E-state index contributed by atoms with van der Waals surface area (Å²) in [5.74, 6) is 0. The summed E-state index contributed by atoms with van der Waals surface area (Å²) in [6.07, 6.45) is 0.942. The van der Waals surface area contributed by atoms with E-state index in [4.69, 9.17) is 17.3 Å². The van der Waals surface area contributed by atoms with Gasteiger partial charge < -0.3 is 11.1 Å². The number of halogens is 1. The lowest BCUT2D eigenvalue weighted by atomic mass is 10.1. The van der Waals surface area contributed by atoms with E-state index in [-0.39, 0.29) is 0 Å². The molecule has 3 heteroatoms. The smallest absolute Gasteiger partial charge is 0.0426 e. The van der Waals surface area contributed by atoms with Crippen molar-refractivity contribution < 1.29 is 0 Å². The maximum Gasteiger partial charge on any atom is 0.0426 e. The van der Waals surface area contributed by atoms with Gasteiger partial charge in [0.25, 0.3) is 0 Å². The van der Waals surface area contributed by atoms with Gasteiger partial charge in [0.15, 0.2) is 0 Å². The molecule has 0 heterocycles. The minimum Gasteiger partial charge on any atom is -0.399 e. The molecule has 0 aliphatic rings. The Hall–Kier alpha value is -1.67. The van der Waals surface area contributed by atoms with Gasteiger partial charge in [0, 0.05) is 22.9 Å². The first-order chi connectivity index (χ1) is 8.24. The summed E-state index contributed by atoms with van der Waals surface area (Å²) in [5, 5.41) is 4.08. The molecular weight excluding hydrogens is 232 g/mol. The molecule has 0 radical (unpaired) electrons. The lowest BCUT2D eigenvalue weighted by Gasteiger charge is -2.07. The molecule has 2 rings (SSSR count). The molecule has 2 aromatic rings. The number of nitrogen functional groups attached to an aromatic ring is 1. The van der Waals surface area contributed by atoms with Crippen molar-refractivity contribution in [3.63, 3.8) is 0 Å². The Bertz CT molecular complexity index is 452. The van der Waals surface area contributed by atoms with Crippen LogP contribution in [0.25, 0.3) is 0 Å². The van der Waals surface area contributed by atoms with Gasteiger partial charge in [0.2, 0.25) is 0 Å². The Morgan fingerprint density at radius 1 is 1.06 bits per heavy atom. The molecule has 88 valence electrons. The van der Waals surface area contributed by atoms with Crippen molar-refractivity contribution in [1.82, 2.24) is 0 Å². The highest BCUT2D eigenvalue weighted by molar-refractivity contribution is 6.30. The van der Waals surface area contributed by atoms with Crippen LogP contribution in [0.2, 0.25) is 5.02 Å². The monoisotopic (exact) mass is 246 g/mol. The molecule has 2 nitrogen and oxygen atoms in total. The summed E-state index contributed by atoms with van der Waals surface area (Å²) in [5.41, 5.74) is 8.81. The van der Waals surface area contributed by atoms with Crippen LogP contribution in [0.3, 0.4) is 0 Å². The minimum absolute atomic E-state index is 0.749.